The summed E-state index contributed by atoms with van der Waals surface area (Å²) in [6.07, 6.45) is 0. The van der Waals surface area contributed by atoms with E-state index >= 15 is 0 Å². The maximum Gasteiger partial charge on any atom is 0.276 e. The molecule has 0 aliphatic carbocycles. The summed E-state index contributed by atoms with van der Waals surface area (Å²) in [5.74, 6) is 0.362. The molecule has 1 heterocycles. The number of aromatic nitrogens is 2. The molecule has 0 fully saturated rings. The van der Waals surface area contributed by atoms with Gasteiger partial charge in [-0.25, -0.2) is 0 Å². The molecule has 2 aromatic carbocycles. The summed E-state index contributed by atoms with van der Waals surface area (Å²) in [7, 11) is 0. The van der Waals surface area contributed by atoms with Gasteiger partial charge in [0.2, 0.25) is 0 Å². The minimum absolute atomic E-state index is 0.269. The molecule has 3 rings (SSSR count). The molecule has 0 radical (unpaired) electrons. The van der Waals surface area contributed by atoms with Crippen molar-refractivity contribution in [3.63, 3.8) is 0 Å². The summed E-state index contributed by atoms with van der Waals surface area (Å²) in [5, 5.41) is 14.1. The topological polar surface area (TPSA) is 66.9 Å². The Morgan fingerprint density at radius 2 is 1.76 bits per heavy atom. The van der Waals surface area contributed by atoms with Crippen LogP contribution in [0.15, 0.2) is 60.7 Å². The van der Waals surface area contributed by atoms with Crippen LogP contribution in [-0.4, -0.2) is 16.1 Å². The van der Waals surface area contributed by atoms with Crippen LogP contribution >= 0.6 is 0 Å². The Hall–Kier alpha value is -3.21. The molecule has 0 aliphatic heterocycles. The van der Waals surface area contributed by atoms with E-state index in [0.717, 1.165) is 22.4 Å². The van der Waals surface area contributed by atoms with Gasteiger partial charge in [0.15, 0.2) is 5.69 Å². The second kappa shape index (κ2) is 7.57. The number of carbonyl (C=O) groups excluding carboxylic acids is 1. The molecule has 0 unspecified atom stereocenters. The molecule has 2 N–H and O–H groups in total. The number of anilines is 2. The van der Waals surface area contributed by atoms with E-state index in [1.807, 2.05) is 62.4 Å². The predicted octanol–water partition coefficient (Wildman–Crippen LogP) is 3.96. The third-order valence-electron chi connectivity index (χ3n) is 3.84. The highest BCUT2D eigenvalue weighted by Crippen LogP contribution is 2.17. The quantitative estimate of drug-likeness (QED) is 0.742. The molecule has 0 bridgehead atoms. The minimum Gasteiger partial charge on any atom is -0.365 e. The molecule has 126 valence electrons. The van der Waals surface area contributed by atoms with E-state index in [1.165, 1.54) is 0 Å². The van der Waals surface area contributed by atoms with Crippen LogP contribution < -0.4 is 10.6 Å². The Bertz CT molecular complexity index is 861. The van der Waals surface area contributed by atoms with E-state index in [0.29, 0.717) is 12.4 Å². The SMILES string of the molecule is Cc1ccc(NC(=O)c2ccc(NCc3ccccc3)nn2)c(C)c1. The van der Waals surface area contributed by atoms with Crippen LogP contribution in [0.4, 0.5) is 11.5 Å². The summed E-state index contributed by atoms with van der Waals surface area (Å²) in [4.78, 5) is 12.3. The average Bonchev–Trinajstić information content (AvgIpc) is 2.63. The first kappa shape index (κ1) is 16.6. The fourth-order valence-corrected chi connectivity index (χ4v) is 2.48. The molecule has 25 heavy (non-hydrogen) atoms. The first-order chi connectivity index (χ1) is 12.1. The average molecular weight is 332 g/mol. The maximum atomic E-state index is 12.3. The lowest BCUT2D eigenvalue weighted by Gasteiger charge is -2.09. The standard InChI is InChI=1S/C20H20N4O/c1-14-8-9-17(15(2)12-14)22-20(25)18-10-11-19(24-23-18)21-13-16-6-4-3-5-7-16/h3-12H,13H2,1-2H3,(H,21,24)(H,22,25). The molecular weight excluding hydrogens is 312 g/mol. The summed E-state index contributed by atoms with van der Waals surface area (Å²) >= 11 is 0. The first-order valence-corrected chi connectivity index (χ1v) is 8.12. The van der Waals surface area contributed by atoms with Gasteiger partial charge in [-0.2, -0.15) is 0 Å². The number of amides is 1. The number of nitrogens with zero attached hydrogens (tertiary/aromatic N) is 2. The molecular formula is C20H20N4O. The summed E-state index contributed by atoms with van der Waals surface area (Å²) < 4.78 is 0. The highest BCUT2D eigenvalue weighted by atomic mass is 16.1. The molecule has 1 amide bonds. The molecule has 0 aliphatic rings. The number of rotatable bonds is 5. The van der Waals surface area contributed by atoms with Crippen LogP contribution in [0.1, 0.15) is 27.2 Å². The number of nitrogens with one attached hydrogen (secondary N) is 2. The van der Waals surface area contributed by atoms with Gasteiger partial charge in [-0.3, -0.25) is 4.79 Å². The second-order valence-corrected chi connectivity index (χ2v) is 5.92. The second-order valence-electron chi connectivity index (χ2n) is 5.92. The van der Waals surface area contributed by atoms with Gasteiger partial charge in [0.25, 0.3) is 5.91 Å². The van der Waals surface area contributed by atoms with Gasteiger partial charge in [-0.15, -0.1) is 10.2 Å². The lowest BCUT2D eigenvalue weighted by Crippen LogP contribution is -2.15. The number of carbonyl (C=O) groups is 1. The third-order valence-corrected chi connectivity index (χ3v) is 3.84. The Morgan fingerprint density at radius 3 is 2.44 bits per heavy atom. The fourth-order valence-electron chi connectivity index (χ4n) is 2.48. The van der Waals surface area contributed by atoms with Crippen LogP contribution in [-0.2, 0) is 6.54 Å². The summed E-state index contributed by atoms with van der Waals surface area (Å²) in [6, 6.07) is 19.3. The van der Waals surface area contributed by atoms with Crippen molar-refractivity contribution in [2.24, 2.45) is 0 Å². The highest BCUT2D eigenvalue weighted by molar-refractivity contribution is 6.03. The van der Waals surface area contributed by atoms with Gasteiger partial charge >= 0.3 is 0 Å². The molecule has 5 heteroatoms. The van der Waals surface area contributed by atoms with E-state index in [9.17, 15) is 4.79 Å². The van der Waals surface area contributed by atoms with Crippen molar-refractivity contribution >= 4 is 17.4 Å². The monoisotopic (exact) mass is 332 g/mol. The van der Waals surface area contributed by atoms with E-state index in [2.05, 4.69) is 20.8 Å². The molecule has 0 spiro atoms. The van der Waals surface area contributed by atoms with E-state index in [1.54, 1.807) is 12.1 Å². The normalized spacial score (nSPS) is 10.3. The van der Waals surface area contributed by atoms with Gasteiger partial charge in [-0.1, -0.05) is 48.0 Å². The van der Waals surface area contributed by atoms with Crippen LogP contribution in [0, 0.1) is 13.8 Å². The van der Waals surface area contributed by atoms with Crippen molar-refractivity contribution in [1.29, 1.82) is 0 Å². The largest absolute Gasteiger partial charge is 0.365 e. The maximum absolute atomic E-state index is 12.3. The predicted molar refractivity (Wildman–Crippen MR) is 99.7 cm³/mol. The van der Waals surface area contributed by atoms with Crippen molar-refractivity contribution in [3.8, 4) is 0 Å². The Morgan fingerprint density at radius 1 is 0.960 bits per heavy atom. The van der Waals surface area contributed by atoms with Crippen LogP contribution in [0.25, 0.3) is 0 Å². The molecule has 1 aromatic heterocycles. The summed E-state index contributed by atoms with van der Waals surface area (Å²) in [6.45, 7) is 4.64. The van der Waals surface area contributed by atoms with Crippen molar-refractivity contribution in [3.05, 3.63) is 83.0 Å². The molecule has 5 nitrogen and oxygen atoms in total. The molecule has 0 saturated heterocycles. The third kappa shape index (κ3) is 4.41. The molecule has 0 saturated carbocycles. The van der Waals surface area contributed by atoms with E-state index in [4.69, 9.17) is 0 Å². The Kier molecular flexibility index (Phi) is 5.04. The highest BCUT2D eigenvalue weighted by Gasteiger charge is 2.10. The smallest absolute Gasteiger partial charge is 0.276 e. The van der Waals surface area contributed by atoms with Crippen molar-refractivity contribution in [2.75, 3.05) is 10.6 Å². The van der Waals surface area contributed by atoms with Crippen molar-refractivity contribution < 1.29 is 4.79 Å². The lowest BCUT2D eigenvalue weighted by atomic mass is 10.1. The zero-order chi connectivity index (χ0) is 17.6. The zero-order valence-electron chi connectivity index (χ0n) is 14.3. The van der Waals surface area contributed by atoms with Gasteiger partial charge in [0.1, 0.15) is 5.82 Å². The summed E-state index contributed by atoms with van der Waals surface area (Å²) in [5.41, 5.74) is 4.39. The first-order valence-electron chi connectivity index (χ1n) is 8.12. The number of hydrogen-bond donors (Lipinski definition) is 2. The van der Waals surface area contributed by atoms with Gasteiger partial charge in [0, 0.05) is 12.2 Å². The van der Waals surface area contributed by atoms with E-state index in [-0.39, 0.29) is 11.6 Å². The van der Waals surface area contributed by atoms with Gasteiger partial charge in [0.05, 0.1) is 0 Å². The molecule has 0 atom stereocenters. The van der Waals surface area contributed by atoms with Gasteiger partial charge in [-0.05, 0) is 43.2 Å². The van der Waals surface area contributed by atoms with Crippen LogP contribution in [0.5, 0.6) is 0 Å². The van der Waals surface area contributed by atoms with Crippen molar-refractivity contribution in [1.82, 2.24) is 10.2 Å². The van der Waals surface area contributed by atoms with Crippen molar-refractivity contribution in [2.45, 2.75) is 20.4 Å². The lowest BCUT2D eigenvalue weighted by molar-refractivity contribution is 0.102. The Labute approximate surface area is 147 Å². The van der Waals surface area contributed by atoms with E-state index < -0.39 is 0 Å². The molecule has 3 aromatic rings. The van der Waals surface area contributed by atoms with Crippen LogP contribution in [0.3, 0.4) is 0 Å². The number of hydrogen-bond acceptors (Lipinski definition) is 4. The Balaban J connectivity index is 1.62. The van der Waals surface area contributed by atoms with Crippen LogP contribution in [0.2, 0.25) is 0 Å². The minimum atomic E-state index is -0.269. The number of aryl methyl sites for hydroxylation is 2. The fraction of sp³-hybridized carbons (Fsp3) is 0.150. The number of benzene rings is 2. The zero-order valence-corrected chi connectivity index (χ0v) is 14.3. The van der Waals surface area contributed by atoms with Gasteiger partial charge < -0.3 is 10.6 Å².